The first-order valence-corrected chi connectivity index (χ1v) is 11.1. The Bertz CT molecular complexity index is 524. The van der Waals surface area contributed by atoms with Crippen LogP contribution in [0.5, 0.6) is 0 Å². The zero-order valence-corrected chi connectivity index (χ0v) is 16.8. The molecule has 0 N–H and O–H groups in total. The number of hydrogen-bond donors (Lipinski definition) is 0. The first kappa shape index (κ1) is 19.5. The average molecular weight is 524 g/mol. The van der Waals surface area contributed by atoms with E-state index in [4.69, 9.17) is 0 Å². The third kappa shape index (κ3) is 6.59. The molecule has 0 aliphatic rings. The van der Waals surface area contributed by atoms with Gasteiger partial charge in [-0.05, 0) is 0 Å². The molecule has 1 aromatic carbocycles. The first-order chi connectivity index (χ1) is 10.7. The summed E-state index contributed by atoms with van der Waals surface area (Å²) in [6, 6.07) is 5.38. The second-order valence-electron chi connectivity index (χ2n) is 5.27. The number of rotatable bonds is 9. The van der Waals surface area contributed by atoms with E-state index in [1.54, 1.807) is 12.1 Å². The normalized spacial score (nSPS) is 11.1. The summed E-state index contributed by atoms with van der Waals surface area (Å²) < 4.78 is 9.73. The standard InChI is InChI=1S/C12H19N2.Bi.2NO3/c1-13(2)9-11-6-5-7-12(8-11)10-14(3)4;;2*2-1(3)4/h5-7H,9-10H2,1-4H3;;;/q;+2;2*-1. The molecule has 0 atom stereocenters. The van der Waals surface area contributed by atoms with Gasteiger partial charge in [-0.1, -0.05) is 0 Å². The second-order valence-corrected chi connectivity index (χ2v) is 10.3. The molecule has 0 unspecified atom stereocenters. The predicted molar refractivity (Wildman–Crippen MR) is 82.8 cm³/mol. The summed E-state index contributed by atoms with van der Waals surface area (Å²) in [6.07, 6.45) is 0. The van der Waals surface area contributed by atoms with Crippen molar-refractivity contribution in [3.8, 4) is 0 Å². The molecule has 0 amide bonds. The van der Waals surface area contributed by atoms with Gasteiger partial charge in [0.25, 0.3) is 0 Å². The molecule has 0 saturated carbocycles. The van der Waals surface area contributed by atoms with E-state index in [-0.39, 0.29) is 0 Å². The Hall–Kier alpha value is -1.58. The minimum atomic E-state index is -4.11. The Morgan fingerprint density at radius 2 is 1.35 bits per heavy atom. The molecule has 0 aliphatic carbocycles. The van der Waals surface area contributed by atoms with E-state index < -0.39 is 32.8 Å². The molecule has 0 bridgehead atoms. The zero-order valence-electron chi connectivity index (χ0n) is 13.3. The molecular weight excluding hydrogens is 505 g/mol. The van der Waals surface area contributed by atoms with Crippen LogP contribution >= 0.6 is 0 Å². The third-order valence-electron chi connectivity index (χ3n) is 2.64. The molecule has 0 fully saturated rings. The van der Waals surface area contributed by atoms with E-state index >= 15 is 0 Å². The van der Waals surface area contributed by atoms with Crippen LogP contribution in [0, 0.1) is 20.2 Å². The number of benzene rings is 1. The number of hydrogen-bond acceptors (Lipinski definition) is 8. The maximum atomic E-state index is 10.7. The van der Waals surface area contributed by atoms with Crippen LogP contribution in [0.25, 0.3) is 0 Å². The van der Waals surface area contributed by atoms with Crippen LogP contribution in [0.2, 0.25) is 0 Å². The van der Waals surface area contributed by atoms with Gasteiger partial charge >= 0.3 is 143 Å². The molecule has 10 nitrogen and oxygen atoms in total. The van der Waals surface area contributed by atoms with E-state index in [0.29, 0.717) is 16.4 Å². The molecular formula is C12H19BiN4O6. The Morgan fingerprint density at radius 1 is 0.957 bits per heavy atom. The molecule has 23 heavy (non-hydrogen) atoms. The van der Waals surface area contributed by atoms with Gasteiger partial charge in [-0.15, -0.1) is 0 Å². The van der Waals surface area contributed by atoms with Crippen molar-refractivity contribution in [3.05, 3.63) is 49.6 Å². The Labute approximate surface area is 142 Å². The average Bonchev–Trinajstić information content (AvgIpc) is 2.35. The van der Waals surface area contributed by atoms with Crippen LogP contribution in [0.15, 0.2) is 18.2 Å². The molecule has 128 valence electrons. The Kier molecular flexibility index (Phi) is 7.53. The number of nitrogens with zero attached hydrogens (tertiary/aromatic N) is 4. The van der Waals surface area contributed by atoms with Crippen LogP contribution < -0.4 is 3.27 Å². The molecule has 0 saturated heterocycles. The fraction of sp³-hybridized carbons (Fsp3) is 0.500. The van der Waals surface area contributed by atoms with Gasteiger partial charge in [0.15, 0.2) is 0 Å². The van der Waals surface area contributed by atoms with E-state index in [9.17, 15) is 20.2 Å². The van der Waals surface area contributed by atoms with Crippen molar-refractivity contribution in [2.45, 2.75) is 13.1 Å². The molecule has 11 heteroatoms. The van der Waals surface area contributed by atoms with E-state index in [1.165, 1.54) is 0 Å². The summed E-state index contributed by atoms with van der Waals surface area (Å²) in [7, 11) is 7.37. The SMILES string of the molecule is CN(C)Cc1cccc(CN(C)C)[c]1[Bi]([O][N+](=O)[O-])[O][N+](=O)[O-]. The van der Waals surface area contributed by atoms with E-state index in [2.05, 4.69) is 5.83 Å². The van der Waals surface area contributed by atoms with Crippen molar-refractivity contribution in [3.63, 3.8) is 0 Å². The molecule has 0 spiro atoms. The van der Waals surface area contributed by atoms with Gasteiger partial charge in [-0.2, -0.15) is 0 Å². The molecule has 1 aromatic rings. The predicted octanol–water partition coefficient (Wildman–Crippen LogP) is -0.0784. The molecule has 0 radical (unpaired) electrons. The van der Waals surface area contributed by atoms with Crippen molar-refractivity contribution in [1.29, 1.82) is 0 Å². The molecule has 1 rings (SSSR count). The molecule has 0 aromatic heterocycles. The van der Waals surface area contributed by atoms with Crippen molar-refractivity contribution >= 4 is 25.9 Å². The zero-order chi connectivity index (χ0) is 17.6. The molecule has 0 heterocycles. The minimum absolute atomic E-state index is 0.477. The van der Waals surface area contributed by atoms with Gasteiger partial charge in [0, 0.05) is 0 Å². The fourth-order valence-corrected chi connectivity index (χ4v) is 6.68. The summed E-state index contributed by atoms with van der Waals surface area (Å²) in [6.45, 7) is 0.954. The topological polar surface area (TPSA) is 111 Å². The van der Waals surface area contributed by atoms with Crippen molar-refractivity contribution in [2.24, 2.45) is 0 Å². The van der Waals surface area contributed by atoms with Gasteiger partial charge in [-0.25, -0.2) is 0 Å². The third-order valence-corrected chi connectivity index (χ3v) is 8.48. The van der Waals surface area contributed by atoms with E-state index in [0.717, 1.165) is 11.1 Å². The summed E-state index contributed by atoms with van der Waals surface area (Å²) in [5, 5.41) is 19.5. The second kappa shape index (κ2) is 8.90. The van der Waals surface area contributed by atoms with Crippen LogP contribution in [0.3, 0.4) is 0 Å². The maximum absolute atomic E-state index is 10.7. The first-order valence-electron chi connectivity index (χ1n) is 6.56. The van der Waals surface area contributed by atoms with Crippen molar-refractivity contribution in [1.82, 2.24) is 9.80 Å². The van der Waals surface area contributed by atoms with Gasteiger partial charge in [0.05, 0.1) is 0 Å². The Balaban J connectivity index is 3.37. The van der Waals surface area contributed by atoms with Crippen LogP contribution in [-0.4, -0.2) is 70.8 Å². The summed E-state index contributed by atoms with van der Waals surface area (Å²) in [4.78, 5) is 25.2. The van der Waals surface area contributed by atoms with Gasteiger partial charge in [0.1, 0.15) is 0 Å². The van der Waals surface area contributed by atoms with E-state index in [1.807, 2.05) is 44.1 Å². The summed E-state index contributed by atoms with van der Waals surface area (Å²) >= 11 is -4.11. The Morgan fingerprint density at radius 3 is 1.65 bits per heavy atom. The summed E-state index contributed by atoms with van der Waals surface area (Å²) in [5.74, 6) is 0. The molecule has 0 aliphatic heterocycles. The van der Waals surface area contributed by atoms with Crippen LogP contribution in [0.4, 0.5) is 0 Å². The quantitative estimate of drug-likeness (QED) is 0.251. The van der Waals surface area contributed by atoms with Crippen LogP contribution in [-0.2, 0) is 18.9 Å². The fourth-order valence-electron chi connectivity index (χ4n) is 2.03. The van der Waals surface area contributed by atoms with Gasteiger partial charge in [-0.3, -0.25) is 0 Å². The van der Waals surface area contributed by atoms with Crippen LogP contribution in [0.1, 0.15) is 11.1 Å². The van der Waals surface area contributed by atoms with Crippen molar-refractivity contribution in [2.75, 3.05) is 28.2 Å². The van der Waals surface area contributed by atoms with Gasteiger partial charge in [0.2, 0.25) is 0 Å². The monoisotopic (exact) mass is 524 g/mol. The van der Waals surface area contributed by atoms with Gasteiger partial charge < -0.3 is 0 Å². The van der Waals surface area contributed by atoms with Crippen molar-refractivity contribution < 1.29 is 16.0 Å². The summed E-state index contributed by atoms with van der Waals surface area (Å²) in [5.41, 5.74) is 1.49.